The first-order valence-electron chi connectivity index (χ1n) is 14.9. The van der Waals surface area contributed by atoms with E-state index in [0.29, 0.717) is 74.8 Å². The predicted molar refractivity (Wildman–Crippen MR) is 164 cm³/mol. The SMILES string of the molecule is O=C1COc2ccc(N3C[C@H](CCNCc4cc(-c5cncc(OC6COC6)n5)c(OCc5ccccc5)cn4)OC3=O)nc2N1. The molecule has 3 aromatic heterocycles. The van der Waals surface area contributed by atoms with Crippen LogP contribution in [0.2, 0.25) is 0 Å². The van der Waals surface area contributed by atoms with Crippen molar-refractivity contribution in [2.24, 2.45) is 0 Å². The number of aromatic nitrogens is 4. The number of nitrogens with zero attached hydrogens (tertiary/aromatic N) is 5. The first-order chi connectivity index (χ1) is 22.6. The minimum atomic E-state index is -0.491. The quantitative estimate of drug-likeness (QED) is 0.222. The van der Waals surface area contributed by atoms with Crippen LogP contribution < -0.4 is 29.7 Å². The summed E-state index contributed by atoms with van der Waals surface area (Å²) in [6, 6.07) is 15.2. The molecule has 2 saturated heterocycles. The van der Waals surface area contributed by atoms with Crippen LogP contribution in [0.15, 0.2) is 67.1 Å². The third kappa shape index (κ3) is 6.82. The zero-order valence-corrected chi connectivity index (χ0v) is 24.8. The maximum absolute atomic E-state index is 12.6. The number of nitrogens with one attached hydrogen (secondary N) is 2. The molecular weight excluding hydrogens is 594 g/mol. The molecule has 236 valence electrons. The topological polar surface area (TPSA) is 159 Å². The van der Waals surface area contributed by atoms with E-state index in [0.717, 1.165) is 16.8 Å². The summed E-state index contributed by atoms with van der Waals surface area (Å²) < 4.78 is 28.2. The van der Waals surface area contributed by atoms with Crippen LogP contribution in [0.25, 0.3) is 11.3 Å². The fourth-order valence-electron chi connectivity index (χ4n) is 5.06. The Labute approximate surface area is 264 Å². The van der Waals surface area contributed by atoms with Crippen LogP contribution in [0.1, 0.15) is 17.7 Å². The number of carbonyl (C=O) groups excluding carboxylic acids is 2. The van der Waals surface area contributed by atoms with Gasteiger partial charge in [0.05, 0.1) is 49.7 Å². The van der Waals surface area contributed by atoms with Crippen molar-refractivity contribution < 1.29 is 33.3 Å². The Morgan fingerprint density at radius 1 is 1.04 bits per heavy atom. The molecular formula is C32H31N7O7. The highest BCUT2D eigenvalue weighted by molar-refractivity contribution is 5.95. The zero-order valence-electron chi connectivity index (χ0n) is 24.8. The number of ether oxygens (including phenoxy) is 5. The number of fused-ring (bicyclic) bond motifs is 1. The molecule has 1 atom stereocenters. The second-order valence-corrected chi connectivity index (χ2v) is 10.9. The molecule has 0 unspecified atom stereocenters. The van der Waals surface area contributed by atoms with E-state index in [1.54, 1.807) is 30.7 Å². The van der Waals surface area contributed by atoms with Crippen molar-refractivity contribution >= 4 is 23.6 Å². The second kappa shape index (κ2) is 13.3. The van der Waals surface area contributed by atoms with Crippen molar-refractivity contribution in [3.8, 4) is 28.6 Å². The van der Waals surface area contributed by atoms with Gasteiger partial charge in [0.15, 0.2) is 18.2 Å². The van der Waals surface area contributed by atoms with E-state index < -0.39 is 6.09 Å². The number of rotatable bonds is 12. The molecule has 4 aromatic rings. The average molecular weight is 626 g/mol. The monoisotopic (exact) mass is 625 g/mol. The minimum Gasteiger partial charge on any atom is -0.487 e. The van der Waals surface area contributed by atoms with Crippen molar-refractivity contribution in [2.75, 3.05) is 43.1 Å². The third-order valence-corrected chi connectivity index (χ3v) is 7.50. The molecule has 0 saturated carbocycles. The molecule has 0 bridgehead atoms. The van der Waals surface area contributed by atoms with Crippen LogP contribution in [0.5, 0.6) is 17.4 Å². The van der Waals surface area contributed by atoms with Gasteiger partial charge in [0.2, 0.25) is 5.88 Å². The summed E-state index contributed by atoms with van der Waals surface area (Å²) >= 11 is 0. The van der Waals surface area contributed by atoms with Gasteiger partial charge >= 0.3 is 6.09 Å². The minimum absolute atomic E-state index is 0.0340. The van der Waals surface area contributed by atoms with E-state index in [4.69, 9.17) is 23.7 Å². The van der Waals surface area contributed by atoms with E-state index in [-0.39, 0.29) is 30.5 Å². The normalized spacial score (nSPS) is 17.4. The Kier molecular flexibility index (Phi) is 8.52. The lowest BCUT2D eigenvalue weighted by Crippen LogP contribution is -2.38. The lowest BCUT2D eigenvalue weighted by Gasteiger charge is -2.26. The summed E-state index contributed by atoms with van der Waals surface area (Å²) in [5, 5.41) is 6.04. The highest BCUT2D eigenvalue weighted by Crippen LogP contribution is 2.32. The molecule has 2 fully saturated rings. The van der Waals surface area contributed by atoms with Gasteiger partial charge in [-0.05, 0) is 36.7 Å². The molecule has 0 aliphatic carbocycles. The Hall–Kier alpha value is -5.34. The summed E-state index contributed by atoms with van der Waals surface area (Å²) in [7, 11) is 0. The summed E-state index contributed by atoms with van der Waals surface area (Å²) in [6.45, 7) is 2.73. The summed E-state index contributed by atoms with van der Waals surface area (Å²) in [5.41, 5.74) is 3.14. The molecule has 1 aromatic carbocycles. The molecule has 2 N–H and O–H groups in total. The maximum Gasteiger partial charge on any atom is 0.415 e. The first-order valence-corrected chi connectivity index (χ1v) is 14.9. The van der Waals surface area contributed by atoms with Crippen LogP contribution in [0.4, 0.5) is 16.4 Å². The molecule has 3 aliphatic heterocycles. The van der Waals surface area contributed by atoms with Gasteiger partial charge < -0.3 is 34.3 Å². The van der Waals surface area contributed by atoms with Gasteiger partial charge in [0.1, 0.15) is 30.4 Å². The Bertz CT molecular complexity index is 1720. The van der Waals surface area contributed by atoms with Crippen molar-refractivity contribution in [2.45, 2.75) is 31.8 Å². The second-order valence-electron chi connectivity index (χ2n) is 10.9. The third-order valence-electron chi connectivity index (χ3n) is 7.50. The fourth-order valence-corrected chi connectivity index (χ4v) is 5.06. The van der Waals surface area contributed by atoms with E-state index >= 15 is 0 Å². The molecule has 6 heterocycles. The zero-order chi connectivity index (χ0) is 31.3. The smallest absolute Gasteiger partial charge is 0.415 e. The van der Waals surface area contributed by atoms with Gasteiger partial charge in [-0.2, -0.15) is 0 Å². The molecule has 14 nitrogen and oxygen atoms in total. The number of carbonyl (C=O) groups is 2. The fraction of sp³-hybridized carbons (Fsp3) is 0.312. The molecule has 46 heavy (non-hydrogen) atoms. The van der Waals surface area contributed by atoms with E-state index in [1.165, 1.54) is 4.90 Å². The van der Waals surface area contributed by atoms with Gasteiger partial charge in [-0.25, -0.2) is 14.8 Å². The number of benzene rings is 1. The van der Waals surface area contributed by atoms with Gasteiger partial charge in [0, 0.05) is 12.1 Å². The number of hydrogen-bond donors (Lipinski definition) is 2. The van der Waals surface area contributed by atoms with E-state index in [9.17, 15) is 9.59 Å². The van der Waals surface area contributed by atoms with Crippen LogP contribution in [0.3, 0.4) is 0 Å². The van der Waals surface area contributed by atoms with Crippen molar-refractivity contribution in [1.82, 2.24) is 25.3 Å². The van der Waals surface area contributed by atoms with Crippen LogP contribution in [-0.2, 0) is 27.4 Å². The molecule has 14 heteroatoms. The van der Waals surface area contributed by atoms with E-state index in [1.807, 2.05) is 36.4 Å². The molecule has 0 spiro atoms. The largest absolute Gasteiger partial charge is 0.487 e. The Balaban J connectivity index is 0.982. The van der Waals surface area contributed by atoms with Crippen molar-refractivity contribution in [1.29, 1.82) is 0 Å². The number of pyridine rings is 2. The van der Waals surface area contributed by atoms with E-state index in [2.05, 4.69) is 30.6 Å². The summed E-state index contributed by atoms with van der Waals surface area (Å²) in [4.78, 5) is 43.7. The highest BCUT2D eigenvalue weighted by Gasteiger charge is 2.33. The Morgan fingerprint density at radius 2 is 1.93 bits per heavy atom. The molecule has 2 amide bonds. The molecule has 7 rings (SSSR count). The lowest BCUT2D eigenvalue weighted by atomic mass is 10.1. The van der Waals surface area contributed by atoms with Gasteiger partial charge in [-0.3, -0.25) is 19.7 Å². The standard InChI is InChI=1S/C32H31N7O7/c40-29-19-44-26-6-7-28(37-31(26)38-29)39-15-22(46-32(39)41)8-9-33-11-21-10-24(25-12-34-14-30(36-25)45-23-17-42-18-23)27(13-35-21)43-16-20-4-2-1-3-5-20/h1-7,10,12-14,22-23,33H,8-9,11,15-19H2,(H,37,38,40)/t22-/m0/s1. The van der Waals surface area contributed by atoms with Gasteiger partial charge in [0.25, 0.3) is 5.91 Å². The van der Waals surface area contributed by atoms with Crippen molar-refractivity contribution in [3.63, 3.8) is 0 Å². The Morgan fingerprint density at radius 3 is 2.78 bits per heavy atom. The number of cyclic esters (lactones) is 1. The molecule has 3 aliphatic rings. The van der Waals surface area contributed by atoms with Crippen molar-refractivity contribution in [3.05, 3.63) is 78.4 Å². The van der Waals surface area contributed by atoms with Gasteiger partial charge in [-0.1, -0.05) is 30.3 Å². The number of anilines is 2. The van der Waals surface area contributed by atoms with Crippen LogP contribution in [0, 0.1) is 0 Å². The van der Waals surface area contributed by atoms with Crippen LogP contribution in [-0.4, -0.2) is 77.1 Å². The molecule has 0 radical (unpaired) electrons. The number of hydrogen-bond acceptors (Lipinski definition) is 12. The summed E-state index contributed by atoms with van der Waals surface area (Å²) in [6.07, 6.45) is 4.67. The summed E-state index contributed by atoms with van der Waals surface area (Å²) in [5.74, 6) is 1.83. The van der Waals surface area contributed by atoms with Crippen LogP contribution >= 0.6 is 0 Å². The maximum atomic E-state index is 12.6. The number of amides is 2. The predicted octanol–water partition coefficient (Wildman–Crippen LogP) is 3.13. The first kappa shape index (κ1) is 29.4. The lowest BCUT2D eigenvalue weighted by molar-refractivity contribution is -0.118. The van der Waals surface area contributed by atoms with Gasteiger partial charge in [-0.15, -0.1) is 0 Å². The highest BCUT2D eigenvalue weighted by atomic mass is 16.6. The average Bonchev–Trinajstić information content (AvgIpc) is 3.44.